The summed E-state index contributed by atoms with van der Waals surface area (Å²) in [7, 11) is 1.49. The van der Waals surface area contributed by atoms with E-state index in [0.29, 0.717) is 23.9 Å². The van der Waals surface area contributed by atoms with Crippen molar-refractivity contribution in [2.75, 3.05) is 47.5 Å². The minimum atomic E-state index is -4.39. The summed E-state index contributed by atoms with van der Waals surface area (Å²) in [6, 6.07) is 0. The number of hydrogen-bond donors (Lipinski definition) is 1. The maximum absolute atomic E-state index is 12.9. The number of allylic oxidation sites excluding steroid dienone is 10. The van der Waals surface area contributed by atoms with Crippen molar-refractivity contribution in [1.82, 2.24) is 0 Å². The summed E-state index contributed by atoms with van der Waals surface area (Å²) in [4.78, 5) is 35.8. The van der Waals surface area contributed by atoms with E-state index in [2.05, 4.69) is 74.6 Å². The number of hydrogen-bond acceptors (Lipinski definition) is 7. The molecule has 0 aliphatic heterocycles. The Morgan fingerprint density at radius 1 is 0.400 bits per heavy atom. The molecule has 0 heterocycles. The van der Waals surface area contributed by atoms with Crippen LogP contribution in [0.15, 0.2) is 60.8 Å². The van der Waals surface area contributed by atoms with Gasteiger partial charge in [-0.2, -0.15) is 0 Å². The van der Waals surface area contributed by atoms with E-state index < -0.39 is 26.5 Å². The van der Waals surface area contributed by atoms with Gasteiger partial charge in [-0.1, -0.05) is 293 Å². The maximum Gasteiger partial charge on any atom is 0.472 e. The van der Waals surface area contributed by atoms with Crippen molar-refractivity contribution < 1.29 is 42.1 Å². The van der Waals surface area contributed by atoms with E-state index >= 15 is 0 Å². The molecular formula is C70H131NO8P+. The van der Waals surface area contributed by atoms with Gasteiger partial charge in [0.15, 0.2) is 6.10 Å². The SMILES string of the molecule is CC/C=C\C/C=C\C/C=C\C/C=C\CCCCCCCCCCCCCCCCCCCCC(=O)OC(COC(=O)CCCCCCCCCCCCCCC/C=C\CCCCCCCCCC)COP(=O)(O)OCC[N+](C)(C)C. The van der Waals surface area contributed by atoms with E-state index in [0.717, 1.165) is 57.8 Å². The summed E-state index contributed by atoms with van der Waals surface area (Å²) in [6.45, 7) is 4.37. The van der Waals surface area contributed by atoms with Gasteiger partial charge in [0.1, 0.15) is 19.8 Å². The molecule has 0 spiro atoms. The number of esters is 2. The highest BCUT2D eigenvalue weighted by Crippen LogP contribution is 2.43. The fourth-order valence-corrected chi connectivity index (χ4v) is 10.6. The summed E-state index contributed by atoms with van der Waals surface area (Å²) in [5.74, 6) is -0.782. The van der Waals surface area contributed by atoms with E-state index in [4.69, 9.17) is 18.5 Å². The topological polar surface area (TPSA) is 108 Å². The Kier molecular flexibility index (Phi) is 59.5. The first-order chi connectivity index (χ1) is 39.0. The summed E-state index contributed by atoms with van der Waals surface area (Å²) < 4.78 is 34.7. The first-order valence-corrected chi connectivity index (χ1v) is 35.5. The molecule has 468 valence electrons. The van der Waals surface area contributed by atoms with Crippen LogP contribution in [0.3, 0.4) is 0 Å². The molecule has 0 aliphatic rings. The minimum absolute atomic E-state index is 0.0326. The first-order valence-electron chi connectivity index (χ1n) is 34.0. The lowest BCUT2D eigenvalue weighted by molar-refractivity contribution is -0.870. The van der Waals surface area contributed by atoms with Gasteiger partial charge in [0.25, 0.3) is 0 Å². The van der Waals surface area contributed by atoms with Gasteiger partial charge < -0.3 is 18.9 Å². The van der Waals surface area contributed by atoms with E-state index in [-0.39, 0.29) is 25.6 Å². The zero-order valence-electron chi connectivity index (χ0n) is 53.3. The van der Waals surface area contributed by atoms with E-state index in [1.54, 1.807) is 0 Å². The van der Waals surface area contributed by atoms with Crippen LogP contribution < -0.4 is 0 Å². The third-order valence-electron chi connectivity index (χ3n) is 15.0. The summed E-state index contributed by atoms with van der Waals surface area (Å²) in [5.41, 5.74) is 0. The minimum Gasteiger partial charge on any atom is -0.462 e. The molecule has 0 aliphatic carbocycles. The zero-order chi connectivity index (χ0) is 58.4. The summed E-state index contributed by atoms with van der Waals surface area (Å²) >= 11 is 0. The second-order valence-electron chi connectivity index (χ2n) is 24.2. The highest BCUT2D eigenvalue weighted by molar-refractivity contribution is 7.47. The molecule has 1 N–H and O–H groups in total. The van der Waals surface area contributed by atoms with E-state index in [9.17, 15) is 19.0 Å². The van der Waals surface area contributed by atoms with Crippen LogP contribution in [-0.4, -0.2) is 74.9 Å². The molecule has 0 aromatic rings. The lowest BCUT2D eigenvalue weighted by Crippen LogP contribution is -2.37. The Morgan fingerprint density at radius 2 is 0.713 bits per heavy atom. The molecule has 0 bridgehead atoms. The van der Waals surface area contributed by atoms with Crippen LogP contribution in [0.4, 0.5) is 0 Å². The number of rotatable bonds is 63. The molecule has 0 rings (SSSR count). The molecule has 0 saturated carbocycles. The second-order valence-corrected chi connectivity index (χ2v) is 25.6. The van der Waals surface area contributed by atoms with Gasteiger partial charge in [0.2, 0.25) is 0 Å². The van der Waals surface area contributed by atoms with Gasteiger partial charge in [-0.15, -0.1) is 0 Å². The number of unbranched alkanes of at least 4 members (excludes halogenated alkanes) is 39. The van der Waals surface area contributed by atoms with Crippen molar-refractivity contribution in [3.8, 4) is 0 Å². The Balaban J connectivity index is 4.03. The van der Waals surface area contributed by atoms with Crippen LogP contribution in [0.1, 0.15) is 322 Å². The van der Waals surface area contributed by atoms with Crippen molar-refractivity contribution >= 4 is 19.8 Å². The number of carbonyl (C=O) groups is 2. The second kappa shape index (κ2) is 61.3. The Hall–Kier alpha value is -2.29. The number of quaternary nitrogens is 1. The van der Waals surface area contributed by atoms with E-state index in [1.807, 2.05) is 21.1 Å². The fraction of sp³-hybridized carbons (Fsp3) is 0.829. The van der Waals surface area contributed by atoms with Gasteiger partial charge in [-0.3, -0.25) is 18.6 Å². The molecular weight excluding hydrogens is 1010 g/mol. The van der Waals surface area contributed by atoms with Crippen LogP contribution in [0.25, 0.3) is 0 Å². The molecule has 2 atom stereocenters. The number of nitrogens with zero attached hydrogens (tertiary/aromatic N) is 1. The van der Waals surface area contributed by atoms with Crippen LogP contribution in [0.2, 0.25) is 0 Å². The average Bonchev–Trinajstić information content (AvgIpc) is 3.42. The van der Waals surface area contributed by atoms with Gasteiger partial charge in [-0.25, -0.2) is 4.57 Å². The van der Waals surface area contributed by atoms with Crippen molar-refractivity contribution in [2.45, 2.75) is 328 Å². The monoisotopic (exact) mass is 1140 g/mol. The Morgan fingerprint density at radius 3 is 1.07 bits per heavy atom. The fourth-order valence-electron chi connectivity index (χ4n) is 9.83. The normalized spacial score (nSPS) is 13.5. The van der Waals surface area contributed by atoms with Gasteiger partial charge >= 0.3 is 19.8 Å². The molecule has 2 unspecified atom stereocenters. The van der Waals surface area contributed by atoms with Crippen LogP contribution in [0.5, 0.6) is 0 Å². The molecule has 0 aromatic carbocycles. The smallest absolute Gasteiger partial charge is 0.462 e. The predicted molar refractivity (Wildman–Crippen MR) is 344 cm³/mol. The van der Waals surface area contributed by atoms with Crippen molar-refractivity contribution in [1.29, 1.82) is 0 Å². The molecule has 0 saturated heterocycles. The van der Waals surface area contributed by atoms with Crippen molar-refractivity contribution in [2.24, 2.45) is 0 Å². The molecule has 0 aromatic heterocycles. The number of phosphoric ester groups is 1. The van der Waals surface area contributed by atoms with Crippen molar-refractivity contribution in [3.63, 3.8) is 0 Å². The van der Waals surface area contributed by atoms with Crippen molar-refractivity contribution in [3.05, 3.63) is 60.8 Å². The van der Waals surface area contributed by atoms with Gasteiger partial charge in [0, 0.05) is 12.8 Å². The lowest BCUT2D eigenvalue weighted by Gasteiger charge is -2.24. The predicted octanol–water partition coefficient (Wildman–Crippen LogP) is 21.8. The average molecular weight is 1150 g/mol. The van der Waals surface area contributed by atoms with E-state index in [1.165, 1.54) is 231 Å². The molecule has 0 fully saturated rings. The zero-order valence-corrected chi connectivity index (χ0v) is 54.2. The summed E-state index contributed by atoms with van der Waals surface area (Å²) in [5, 5.41) is 0. The number of carbonyl (C=O) groups excluding carboxylic acids is 2. The quantitative estimate of drug-likeness (QED) is 0.0211. The highest BCUT2D eigenvalue weighted by atomic mass is 31.2. The molecule has 10 heteroatoms. The van der Waals surface area contributed by atoms with Crippen LogP contribution in [-0.2, 0) is 32.7 Å². The third-order valence-corrected chi connectivity index (χ3v) is 16.0. The summed E-state index contributed by atoms with van der Waals surface area (Å²) in [6.07, 6.45) is 80.3. The largest absolute Gasteiger partial charge is 0.472 e. The maximum atomic E-state index is 12.9. The highest BCUT2D eigenvalue weighted by Gasteiger charge is 2.27. The molecule has 9 nitrogen and oxygen atoms in total. The Labute approximate surface area is 496 Å². The molecule has 0 radical (unpaired) electrons. The standard InChI is InChI=1S/C70H130NO8P/c1-6-8-10-12-14-16-18-20-22-24-26-28-30-32-33-34-35-36-37-39-41-43-45-47-49-51-53-55-57-59-61-63-70(73)79-68(67-78-80(74,75)77-65-64-71(3,4)5)66-76-69(72)62-60-58-56-54-52-50-48-46-44-42-40-38-31-29-27-25-23-21-19-17-15-13-11-9-7-2/h8,10,14,16,20,22,25-28,68H,6-7,9,11-13,15,17-19,21,23-24,29-67H2,1-5H3/p+1/b10-8-,16-14-,22-20-,27-25-,28-26-. The number of phosphoric acid groups is 1. The van der Waals surface area contributed by atoms with Gasteiger partial charge in [-0.05, 0) is 77.0 Å². The lowest BCUT2D eigenvalue weighted by atomic mass is 10.0. The molecule has 0 amide bonds. The van der Waals surface area contributed by atoms with Crippen LogP contribution >= 0.6 is 7.82 Å². The number of likely N-dealkylation sites (N-methyl/N-ethyl adjacent to an activating group) is 1. The third kappa shape index (κ3) is 64.9. The van der Waals surface area contributed by atoms with Gasteiger partial charge in [0.05, 0.1) is 27.7 Å². The first kappa shape index (κ1) is 77.7. The van der Waals surface area contributed by atoms with Crippen LogP contribution in [0, 0.1) is 0 Å². The molecule has 80 heavy (non-hydrogen) atoms. The Bertz CT molecular complexity index is 1530. The number of ether oxygens (including phenoxy) is 2.